The minimum absolute atomic E-state index is 0.666. The van der Waals surface area contributed by atoms with Crippen LogP contribution in [0.25, 0.3) is 22.8 Å². The van der Waals surface area contributed by atoms with Gasteiger partial charge in [0.25, 0.3) is 0 Å². The van der Waals surface area contributed by atoms with E-state index in [-0.39, 0.29) is 0 Å². The van der Waals surface area contributed by atoms with Gasteiger partial charge in [0.1, 0.15) is 5.69 Å². The maximum absolute atomic E-state index is 4.60. The average Bonchev–Trinajstić information content (AvgIpc) is 2.48. The van der Waals surface area contributed by atoms with Gasteiger partial charge < -0.3 is 0 Å². The van der Waals surface area contributed by atoms with E-state index in [0.717, 1.165) is 22.6 Å². The van der Waals surface area contributed by atoms with Gasteiger partial charge in [-0.25, -0.2) is 9.97 Å². The van der Waals surface area contributed by atoms with E-state index in [1.165, 1.54) is 0 Å². The van der Waals surface area contributed by atoms with Gasteiger partial charge in [-0.05, 0) is 25.1 Å². The molecule has 0 amide bonds. The third-order valence-corrected chi connectivity index (χ3v) is 2.82. The Morgan fingerprint density at radius 2 is 1.58 bits per heavy atom. The summed E-state index contributed by atoms with van der Waals surface area (Å²) in [5.41, 5.74) is 3.75. The van der Waals surface area contributed by atoms with Gasteiger partial charge in [0.05, 0.1) is 5.69 Å². The molecular weight excluding hydrogens is 234 g/mol. The molecule has 0 bridgehead atoms. The number of benzene rings is 1. The molecule has 0 saturated heterocycles. The van der Waals surface area contributed by atoms with Crippen LogP contribution in [-0.2, 0) is 0 Å². The topological polar surface area (TPSA) is 38.7 Å². The average molecular weight is 247 g/mol. The van der Waals surface area contributed by atoms with Crippen LogP contribution in [-0.4, -0.2) is 15.0 Å². The minimum atomic E-state index is 0.666. The first-order valence-corrected chi connectivity index (χ1v) is 6.15. The monoisotopic (exact) mass is 247 g/mol. The molecule has 1 aromatic carbocycles. The van der Waals surface area contributed by atoms with Crippen LogP contribution in [0.1, 0.15) is 5.69 Å². The molecule has 19 heavy (non-hydrogen) atoms. The Kier molecular flexibility index (Phi) is 3.02. The fraction of sp³-hybridized carbons (Fsp3) is 0.0625. The van der Waals surface area contributed by atoms with E-state index in [1.54, 1.807) is 6.20 Å². The van der Waals surface area contributed by atoms with Crippen molar-refractivity contribution < 1.29 is 0 Å². The predicted octanol–water partition coefficient (Wildman–Crippen LogP) is 3.51. The highest BCUT2D eigenvalue weighted by atomic mass is 14.9. The van der Waals surface area contributed by atoms with Gasteiger partial charge in [-0.1, -0.05) is 36.4 Å². The molecule has 0 spiro atoms. The van der Waals surface area contributed by atoms with Crippen molar-refractivity contribution in [3.8, 4) is 22.8 Å². The van der Waals surface area contributed by atoms with Gasteiger partial charge in [-0.15, -0.1) is 0 Å². The zero-order chi connectivity index (χ0) is 13.1. The number of hydrogen-bond donors (Lipinski definition) is 0. The largest absolute Gasteiger partial charge is 0.253 e. The van der Waals surface area contributed by atoms with Crippen LogP contribution in [0.3, 0.4) is 0 Å². The Bertz CT molecular complexity index is 621. The summed E-state index contributed by atoms with van der Waals surface area (Å²) in [5, 5.41) is 0. The summed E-state index contributed by atoms with van der Waals surface area (Å²) in [6.45, 7) is 1.97. The molecule has 3 nitrogen and oxygen atoms in total. The highest BCUT2D eigenvalue weighted by molar-refractivity contribution is 5.62. The third-order valence-electron chi connectivity index (χ3n) is 2.82. The van der Waals surface area contributed by atoms with Crippen LogP contribution in [0.5, 0.6) is 0 Å². The Morgan fingerprint density at radius 1 is 0.789 bits per heavy atom. The second kappa shape index (κ2) is 4.98. The lowest BCUT2D eigenvalue weighted by atomic mass is 10.1. The van der Waals surface area contributed by atoms with E-state index in [0.29, 0.717) is 5.82 Å². The first-order valence-electron chi connectivity index (χ1n) is 6.15. The van der Waals surface area contributed by atoms with Crippen molar-refractivity contribution in [2.75, 3.05) is 0 Å². The Labute approximate surface area is 112 Å². The predicted molar refractivity (Wildman–Crippen MR) is 75.4 cm³/mol. The number of pyridine rings is 1. The van der Waals surface area contributed by atoms with Crippen LogP contribution < -0.4 is 0 Å². The molecular formula is C16H13N3. The van der Waals surface area contributed by atoms with E-state index in [1.807, 2.05) is 61.5 Å². The lowest BCUT2D eigenvalue weighted by molar-refractivity contribution is 1.09. The summed E-state index contributed by atoms with van der Waals surface area (Å²) in [7, 11) is 0. The van der Waals surface area contributed by atoms with Crippen LogP contribution in [0.4, 0.5) is 0 Å². The van der Waals surface area contributed by atoms with E-state index >= 15 is 0 Å². The summed E-state index contributed by atoms with van der Waals surface area (Å²) in [6.07, 6.45) is 1.75. The van der Waals surface area contributed by atoms with Gasteiger partial charge in [-0.3, -0.25) is 4.98 Å². The summed E-state index contributed by atoms with van der Waals surface area (Å²) < 4.78 is 0. The third kappa shape index (κ3) is 2.50. The van der Waals surface area contributed by atoms with Gasteiger partial charge in [0, 0.05) is 17.5 Å². The van der Waals surface area contributed by atoms with Gasteiger partial charge in [0.2, 0.25) is 0 Å². The highest BCUT2D eigenvalue weighted by Gasteiger charge is 2.07. The molecule has 0 saturated carbocycles. The van der Waals surface area contributed by atoms with Crippen molar-refractivity contribution >= 4 is 0 Å². The van der Waals surface area contributed by atoms with E-state index in [4.69, 9.17) is 0 Å². The fourth-order valence-electron chi connectivity index (χ4n) is 1.93. The molecule has 0 radical (unpaired) electrons. The Balaban J connectivity index is 2.12. The van der Waals surface area contributed by atoms with Crippen LogP contribution in [0.15, 0.2) is 60.8 Å². The van der Waals surface area contributed by atoms with Crippen molar-refractivity contribution in [1.82, 2.24) is 15.0 Å². The van der Waals surface area contributed by atoms with Crippen molar-refractivity contribution in [2.24, 2.45) is 0 Å². The normalized spacial score (nSPS) is 10.4. The SMILES string of the molecule is Cc1cc(-c2ccccc2)nc(-c2ccccn2)n1. The molecule has 92 valence electrons. The summed E-state index contributed by atoms with van der Waals surface area (Å²) in [4.78, 5) is 13.4. The molecule has 0 aliphatic heterocycles. The van der Waals surface area contributed by atoms with Crippen molar-refractivity contribution in [2.45, 2.75) is 6.92 Å². The summed E-state index contributed by atoms with van der Waals surface area (Å²) in [5.74, 6) is 0.666. The molecule has 0 aliphatic rings. The molecule has 0 unspecified atom stereocenters. The standard InChI is InChI=1S/C16H13N3/c1-12-11-15(13-7-3-2-4-8-13)19-16(18-12)14-9-5-6-10-17-14/h2-11H,1H3. The number of nitrogens with zero attached hydrogens (tertiary/aromatic N) is 3. The Morgan fingerprint density at radius 3 is 2.32 bits per heavy atom. The zero-order valence-corrected chi connectivity index (χ0v) is 10.6. The number of aryl methyl sites for hydroxylation is 1. The van der Waals surface area contributed by atoms with Crippen LogP contribution in [0.2, 0.25) is 0 Å². The van der Waals surface area contributed by atoms with Crippen molar-refractivity contribution in [3.63, 3.8) is 0 Å². The summed E-state index contributed by atoms with van der Waals surface area (Å²) >= 11 is 0. The number of rotatable bonds is 2. The lowest BCUT2D eigenvalue weighted by Crippen LogP contribution is -1.96. The molecule has 3 heteroatoms. The van der Waals surface area contributed by atoms with Crippen LogP contribution in [0, 0.1) is 6.92 Å². The second-order valence-corrected chi connectivity index (χ2v) is 4.30. The molecule has 0 N–H and O–H groups in total. The molecule has 0 aliphatic carbocycles. The molecule has 3 rings (SSSR count). The van der Waals surface area contributed by atoms with Gasteiger partial charge >= 0.3 is 0 Å². The van der Waals surface area contributed by atoms with Gasteiger partial charge in [-0.2, -0.15) is 0 Å². The Hall–Kier alpha value is -2.55. The van der Waals surface area contributed by atoms with Crippen LogP contribution >= 0.6 is 0 Å². The smallest absolute Gasteiger partial charge is 0.178 e. The quantitative estimate of drug-likeness (QED) is 0.695. The van der Waals surface area contributed by atoms with E-state index in [9.17, 15) is 0 Å². The molecule has 3 aromatic rings. The molecule has 0 atom stereocenters. The van der Waals surface area contributed by atoms with E-state index in [2.05, 4.69) is 15.0 Å². The molecule has 2 aromatic heterocycles. The van der Waals surface area contributed by atoms with E-state index < -0.39 is 0 Å². The number of hydrogen-bond acceptors (Lipinski definition) is 3. The maximum atomic E-state index is 4.60. The maximum Gasteiger partial charge on any atom is 0.178 e. The number of aromatic nitrogens is 3. The minimum Gasteiger partial charge on any atom is -0.253 e. The van der Waals surface area contributed by atoms with Crippen molar-refractivity contribution in [1.29, 1.82) is 0 Å². The zero-order valence-electron chi connectivity index (χ0n) is 10.6. The molecule has 0 fully saturated rings. The fourth-order valence-corrected chi connectivity index (χ4v) is 1.93. The highest BCUT2D eigenvalue weighted by Crippen LogP contribution is 2.20. The second-order valence-electron chi connectivity index (χ2n) is 4.30. The molecule has 2 heterocycles. The lowest BCUT2D eigenvalue weighted by Gasteiger charge is -2.05. The first-order chi connectivity index (χ1) is 9.33. The van der Waals surface area contributed by atoms with Crippen molar-refractivity contribution in [3.05, 3.63) is 66.5 Å². The first kappa shape index (κ1) is 11.5. The summed E-state index contributed by atoms with van der Waals surface area (Å²) in [6, 6.07) is 17.8. The van der Waals surface area contributed by atoms with Gasteiger partial charge in [0.15, 0.2) is 5.82 Å².